The summed E-state index contributed by atoms with van der Waals surface area (Å²) in [6.45, 7) is 3.84. The maximum absolute atomic E-state index is 12.1. The number of aliphatic hydroxyl groups excluding tert-OH is 1. The minimum absolute atomic E-state index is 0.200. The lowest BCUT2D eigenvalue weighted by Gasteiger charge is -2.25. The van der Waals surface area contributed by atoms with Crippen molar-refractivity contribution in [2.75, 3.05) is 0 Å². The van der Waals surface area contributed by atoms with Gasteiger partial charge in [0.1, 0.15) is 6.10 Å². The van der Waals surface area contributed by atoms with E-state index in [0.717, 1.165) is 11.1 Å². The van der Waals surface area contributed by atoms with Crippen LogP contribution in [-0.4, -0.2) is 23.3 Å². The third-order valence-corrected chi connectivity index (χ3v) is 4.29. The Labute approximate surface area is 155 Å². The van der Waals surface area contributed by atoms with Gasteiger partial charge in [-0.15, -0.1) is 0 Å². The van der Waals surface area contributed by atoms with Crippen molar-refractivity contribution in [3.63, 3.8) is 0 Å². The van der Waals surface area contributed by atoms with E-state index < -0.39 is 12.1 Å². The summed E-state index contributed by atoms with van der Waals surface area (Å²) in [5.74, 6) is -0.596. The highest BCUT2D eigenvalue weighted by molar-refractivity contribution is 5.87. The largest absolute Gasteiger partial charge is 0.459 e. The Morgan fingerprint density at radius 3 is 2.08 bits per heavy atom. The van der Waals surface area contributed by atoms with Gasteiger partial charge in [0.05, 0.1) is 6.10 Å². The average molecular weight is 350 g/mol. The van der Waals surface area contributed by atoms with Crippen molar-refractivity contribution in [2.24, 2.45) is 5.92 Å². The molecule has 0 unspecified atom stereocenters. The SMILES string of the molecule is CC[C@H](OC(=O)/C=C/c1ccccc1)[C@@H](C)[C@@H](O)/C=C/c1ccccc1. The van der Waals surface area contributed by atoms with Crippen molar-refractivity contribution in [3.8, 4) is 0 Å². The average Bonchev–Trinajstić information content (AvgIpc) is 2.69. The number of benzene rings is 2. The zero-order chi connectivity index (χ0) is 18.8. The zero-order valence-corrected chi connectivity index (χ0v) is 15.3. The van der Waals surface area contributed by atoms with Crippen LogP contribution >= 0.6 is 0 Å². The molecular weight excluding hydrogens is 324 g/mol. The zero-order valence-electron chi connectivity index (χ0n) is 15.3. The first-order valence-electron chi connectivity index (χ1n) is 8.95. The highest BCUT2D eigenvalue weighted by Crippen LogP contribution is 2.18. The maximum Gasteiger partial charge on any atom is 0.331 e. The number of esters is 1. The Bertz CT molecular complexity index is 720. The van der Waals surface area contributed by atoms with E-state index in [1.54, 1.807) is 12.2 Å². The first kappa shape index (κ1) is 19.7. The molecule has 2 aromatic rings. The second kappa shape index (κ2) is 10.4. The first-order valence-corrected chi connectivity index (χ1v) is 8.95. The molecule has 0 fully saturated rings. The highest BCUT2D eigenvalue weighted by atomic mass is 16.5. The fourth-order valence-corrected chi connectivity index (χ4v) is 2.65. The van der Waals surface area contributed by atoms with E-state index in [2.05, 4.69) is 0 Å². The summed E-state index contributed by atoms with van der Waals surface area (Å²) in [7, 11) is 0. The minimum atomic E-state index is -0.689. The third kappa shape index (κ3) is 6.34. The summed E-state index contributed by atoms with van der Waals surface area (Å²) in [6.07, 6.45) is 6.39. The summed E-state index contributed by atoms with van der Waals surface area (Å²) in [5, 5.41) is 10.4. The molecule has 1 N–H and O–H groups in total. The summed E-state index contributed by atoms with van der Waals surface area (Å²) in [5.41, 5.74) is 1.96. The number of ether oxygens (including phenoxy) is 1. The lowest BCUT2D eigenvalue weighted by Crippen LogP contribution is -2.31. The molecule has 0 radical (unpaired) electrons. The van der Waals surface area contributed by atoms with Gasteiger partial charge in [-0.05, 0) is 23.6 Å². The van der Waals surface area contributed by atoms with Crippen LogP contribution in [-0.2, 0) is 9.53 Å². The van der Waals surface area contributed by atoms with Gasteiger partial charge in [0.25, 0.3) is 0 Å². The Morgan fingerprint density at radius 1 is 1.00 bits per heavy atom. The van der Waals surface area contributed by atoms with Crippen LogP contribution in [0.25, 0.3) is 12.2 Å². The molecule has 2 rings (SSSR count). The van der Waals surface area contributed by atoms with Crippen molar-refractivity contribution in [3.05, 3.63) is 83.9 Å². The molecule has 0 saturated heterocycles. The van der Waals surface area contributed by atoms with E-state index >= 15 is 0 Å². The van der Waals surface area contributed by atoms with E-state index in [1.807, 2.05) is 80.6 Å². The Morgan fingerprint density at radius 2 is 1.54 bits per heavy atom. The fraction of sp³-hybridized carbons (Fsp3) is 0.261. The number of hydrogen-bond acceptors (Lipinski definition) is 3. The molecule has 3 nitrogen and oxygen atoms in total. The van der Waals surface area contributed by atoms with Gasteiger partial charge >= 0.3 is 5.97 Å². The van der Waals surface area contributed by atoms with Gasteiger partial charge in [-0.2, -0.15) is 0 Å². The monoisotopic (exact) mass is 350 g/mol. The molecule has 0 amide bonds. The Kier molecular flexibility index (Phi) is 7.84. The van der Waals surface area contributed by atoms with Gasteiger partial charge in [-0.25, -0.2) is 4.79 Å². The molecule has 2 aromatic carbocycles. The van der Waals surface area contributed by atoms with Crippen molar-refractivity contribution >= 4 is 18.1 Å². The van der Waals surface area contributed by atoms with E-state index in [4.69, 9.17) is 4.74 Å². The molecular formula is C23H26O3. The lowest BCUT2D eigenvalue weighted by molar-refractivity contribution is -0.147. The van der Waals surface area contributed by atoms with Crippen LogP contribution in [0.15, 0.2) is 72.8 Å². The molecule has 0 aliphatic carbocycles. The minimum Gasteiger partial charge on any atom is -0.459 e. The molecule has 26 heavy (non-hydrogen) atoms. The normalized spacial score (nSPS) is 15.0. The van der Waals surface area contributed by atoms with Crippen LogP contribution in [0.4, 0.5) is 0 Å². The summed E-state index contributed by atoms with van der Waals surface area (Å²) in [4.78, 5) is 12.1. The molecule has 136 valence electrons. The van der Waals surface area contributed by atoms with Crippen molar-refractivity contribution in [1.29, 1.82) is 0 Å². The van der Waals surface area contributed by atoms with E-state index in [-0.39, 0.29) is 12.0 Å². The van der Waals surface area contributed by atoms with E-state index in [0.29, 0.717) is 6.42 Å². The summed E-state index contributed by atoms with van der Waals surface area (Å²) < 4.78 is 5.54. The predicted molar refractivity (Wildman–Crippen MR) is 106 cm³/mol. The Hall–Kier alpha value is -2.65. The van der Waals surface area contributed by atoms with Gasteiger partial charge in [-0.1, -0.05) is 86.7 Å². The molecule has 0 bridgehead atoms. The number of carbonyl (C=O) groups excluding carboxylic acids is 1. The number of rotatable bonds is 8. The highest BCUT2D eigenvalue weighted by Gasteiger charge is 2.24. The van der Waals surface area contributed by atoms with Gasteiger partial charge < -0.3 is 9.84 Å². The molecule has 3 atom stereocenters. The van der Waals surface area contributed by atoms with Crippen molar-refractivity contribution in [1.82, 2.24) is 0 Å². The number of aliphatic hydroxyl groups is 1. The Balaban J connectivity index is 1.92. The van der Waals surface area contributed by atoms with Gasteiger partial charge in [0.15, 0.2) is 0 Å². The van der Waals surface area contributed by atoms with Crippen molar-refractivity contribution in [2.45, 2.75) is 32.5 Å². The predicted octanol–water partition coefficient (Wildman–Crippen LogP) is 4.73. The second-order valence-corrected chi connectivity index (χ2v) is 6.25. The molecule has 0 aliphatic heterocycles. The molecule has 0 saturated carbocycles. The fourth-order valence-electron chi connectivity index (χ4n) is 2.65. The molecule has 0 aliphatic rings. The third-order valence-electron chi connectivity index (χ3n) is 4.29. The van der Waals surface area contributed by atoms with Crippen LogP contribution in [0.3, 0.4) is 0 Å². The summed E-state index contributed by atoms with van der Waals surface area (Å²) in [6, 6.07) is 19.4. The summed E-state index contributed by atoms with van der Waals surface area (Å²) >= 11 is 0. The van der Waals surface area contributed by atoms with E-state index in [1.165, 1.54) is 6.08 Å². The number of hydrogen-bond donors (Lipinski definition) is 1. The number of carbonyl (C=O) groups is 1. The van der Waals surface area contributed by atoms with Crippen molar-refractivity contribution < 1.29 is 14.6 Å². The topological polar surface area (TPSA) is 46.5 Å². The molecule has 0 heterocycles. The van der Waals surface area contributed by atoms with Gasteiger partial charge in [-0.3, -0.25) is 0 Å². The lowest BCUT2D eigenvalue weighted by atomic mass is 9.95. The van der Waals surface area contributed by atoms with E-state index in [9.17, 15) is 9.90 Å². The maximum atomic E-state index is 12.1. The van der Waals surface area contributed by atoms with Crippen LogP contribution in [0.1, 0.15) is 31.4 Å². The quantitative estimate of drug-likeness (QED) is 0.553. The van der Waals surface area contributed by atoms with Crippen LogP contribution in [0.2, 0.25) is 0 Å². The van der Waals surface area contributed by atoms with Crippen LogP contribution in [0.5, 0.6) is 0 Å². The molecule has 0 aromatic heterocycles. The van der Waals surface area contributed by atoms with Gasteiger partial charge in [0, 0.05) is 12.0 Å². The van der Waals surface area contributed by atoms with Crippen LogP contribution < -0.4 is 0 Å². The molecule has 0 spiro atoms. The second-order valence-electron chi connectivity index (χ2n) is 6.25. The standard InChI is InChI=1S/C23H26O3/c1-3-22(26-23(25)17-15-20-12-8-5-9-13-20)18(2)21(24)16-14-19-10-6-4-7-11-19/h4-18,21-22,24H,3H2,1-2H3/b16-14+,17-15+/t18-,21-,22-/m0/s1. The molecule has 3 heteroatoms. The van der Waals surface area contributed by atoms with Crippen LogP contribution in [0, 0.1) is 5.92 Å². The first-order chi connectivity index (χ1) is 12.6. The van der Waals surface area contributed by atoms with Gasteiger partial charge in [0.2, 0.25) is 0 Å². The smallest absolute Gasteiger partial charge is 0.331 e.